The molecule has 1 aromatic rings. The maximum absolute atomic E-state index is 11.5. The van der Waals surface area contributed by atoms with Crippen LogP contribution in [-0.2, 0) is 0 Å². The van der Waals surface area contributed by atoms with Crippen LogP contribution in [0.4, 0.5) is 0 Å². The van der Waals surface area contributed by atoms with E-state index >= 15 is 0 Å². The number of carbonyl (C=O) groups is 1. The summed E-state index contributed by atoms with van der Waals surface area (Å²) in [5.41, 5.74) is 0.479. The lowest BCUT2D eigenvalue weighted by molar-refractivity contribution is 0.0725. The minimum atomic E-state index is -0.913. The van der Waals surface area contributed by atoms with Gasteiger partial charge in [-0.15, -0.1) is 0 Å². The molecule has 0 amide bonds. The number of Topliss-reactive ketones (excluding diaryl/α,β-unsaturated/α-hetero) is 1. The zero-order chi connectivity index (χ0) is 9.26. The third kappa shape index (κ3) is 1.42. The fourth-order valence-corrected chi connectivity index (χ4v) is 1.39. The topological polar surface area (TPSA) is 46.5 Å². The van der Waals surface area contributed by atoms with E-state index in [2.05, 4.69) is 0 Å². The van der Waals surface area contributed by atoms with Crippen LogP contribution in [-0.4, -0.2) is 23.6 Å². The summed E-state index contributed by atoms with van der Waals surface area (Å²) in [6, 6.07) is 6.99. The van der Waals surface area contributed by atoms with E-state index in [1.165, 1.54) is 0 Å². The lowest BCUT2D eigenvalue weighted by Crippen LogP contribution is -2.19. The Morgan fingerprint density at radius 1 is 1.38 bits per heavy atom. The highest BCUT2D eigenvalue weighted by molar-refractivity contribution is 6.01. The fraction of sp³-hybridized carbons (Fsp3) is 0.300. The van der Waals surface area contributed by atoms with Crippen LogP contribution in [0, 0.1) is 0 Å². The van der Waals surface area contributed by atoms with Crippen molar-refractivity contribution in [1.29, 1.82) is 0 Å². The molecule has 0 aliphatic carbocycles. The largest absolute Gasteiger partial charge is 0.493 e. The standard InChI is InChI=1S/C10H10O3/c11-8-5-6-13-9-4-2-1-3-7(9)10(8)12/h1-4,8,11H,5-6H2. The highest BCUT2D eigenvalue weighted by Gasteiger charge is 2.23. The molecule has 2 rings (SSSR count). The van der Waals surface area contributed by atoms with Crippen LogP contribution < -0.4 is 4.74 Å². The molecule has 3 nitrogen and oxygen atoms in total. The lowest BCUT2D eigenvalue weighted by Gasteiger charge is -2.04. The maximum atomic E-state index is 11.5. The SMILES string of the molecule is O=C1c2ccccc2OCCC1O. The number of benzene rings is 1. The monoisotopic (exact) mass is 178 g/mol. The van der Waals surface area contributed by atoms with Crippen molar-refractivity contribution in [1.82, 2.24) is 0 Å². The highest BCUT2D eigenvalue weighted by Crippen LogP contribution is 2.23. The number of aliphatic hydroxyl groups is 1. The first-order chi connectivity index (χ1) is 6.29. The molecule has 0 aromatic heterocycles. The zero-order valence-electron chi connectivity index (χ0n) is 7.06. The van der Waals surface area contributed by atoms with E-state index in [9.17, 15) is 9.90 Å². The van der Waals surface area contributed by atoms with Gasteiger partial charge in [0.2, 0.25) is 0 Å². The zero-order valence-corrected chi connectivity index (χ0v) is 7.06. The molecule has 0 radical (unpaired) electrons. The average Bonchev–Trinajstić information content (AvgIpc) is 2.29. The molecular weight excluding hydrogens is 168 g/mol. The second-order valence-corrected chi connectivity index (χ2v) is 3.01. The van der Waals surface area contributed by atoms with Gasteiger partial charge in [0, 0.05) is 6.42 Å². The van der Waals surface area contributed by atoms with E-state index in [0.717, 1.165) is 0 Å². The molecule has 1 heterocycles. The Bertz CT molecular complexity index is 333. The number of para-hydroxylation sites is 1. The number of hydrogen-bond donors (Lipinski definition) is 1. The van der Waals surface area contributed by atoms with Crippen molar-refractivity contribution in [3.05, 3.63) is 29.8 Å². The summed E-state index contributed by atoms with van der Waals surface area (Å²) in [6.07, 6.45) is -0.545. The fourth-order valence-electron chi connectivity index (χ4n) is 1.39. The minimum Gasteiger partial charge on any atom is -0.493 e. The molecule has 3 heteroatoms. The summed E-state index contributed by atoms with van der Waals surface area (Å²) in [4.78, 5) is 11.5. The smallest absolute Gasteiger partial charge is 0.195 e. The van der Waals surface area contributed by atoms with Crippen LogP contribution in [0.15, 0.2) is 24.3 Å². The van der Waals surface area contributed by atoms with Gasteiger partial charge in [0.15, 0.2) is 5.78 Å². The van der Waals surface area contributed by atoms with Crippen molar-refractivity contribution >= 4 is 5.78 Å². The Hall–Kier alpha value is -1.35. The molecule has 0 spiro atoms. The van der Waals surface area contributed by atoms with E-state index in [4.69, 9.17) is 4.74 Å². The highest BCUT2D eigenvalue weighted by atomic mass is 16.5. The molecule has 1 atom stereocenters. The van der Waals surface area contributed by atoms with Gasteiger partial charge in [-0.3, -0.25) is 4.79 Å². The van der Waals surface area contributed by atoms with Gasteiger partial charge in [-0.05, 0) is 12.1 Å². The maximum Gasteiger partial charge on any atom is 0.195 e. The molecule has 0 saturated carbocycles. The third-order valence-corrected chi connectivity index (χ3v) is 2.10. The molecule has 1 unspecified atom stereocenters. The molecule has 0 fully saturated rings. The average molecular weight is 178 g/mol. The Morgan fingerprint density at radius 2 is 2.15 bits per heavy atom. The van der Waals surface area contributed by atoms with Crippen LogP contribution >= 0.6 is 0 Å². The molecule has 1 N–H and O–H groups in total. The van der Waals surface area contributed by atoms with Crippen molar-refractivity contribution < 1.29 is 14.6 Å². The second-order valence-electron chi connectivity index (χ2n) is 3.01. The number of rotatable bonds is 0. The van der Waals surface area contributed by atoms with Crippen LogP contribution in [0.1, 0.15) is 16.8 Å². The van der Waals surface area contributed by atoms with Crippen molar-refractivity contribution in [2.24, 2.45) is 0 Å². The van der Waals surface area contributed by atoms with Gasteiger partial charge in [0.1, 0.15) is 11.9 Å². The van der Waals surface area contributed by atoms with Crippen molar-refractivity contribution in [2.75, 3.05) is 6.61 Å². The van der Waals surface area contributed by atoms with E-state index in [1.54, 1.807) is 18.2 Å². The number of fused-ring (bicyclic) bond motifs is 1. The predicted octanol–water partition coefficient (Wildman–Crippen LogP) is 1.01. The molecule has 68 valence electrons. The lowest BCUT2D eigenvalue weighted by atomic mass is 10.0. The van der Waals surface area contributed by atoms with Gasteiger partial charge in [-0.25, -0.2) is 0 Å². The molecule has 13 heavy (non-hydrogen) atoms. The van der Waals surface area contributed by atoms with E-state index in [-0.39, 0.29) is 5.78 Å². The summed E-state index contributed by atoms with van der Waals surface area (Å²) in [5, 5.41) is 9.37. The number of ether oxygens (including phenoxy) is 1. The first-order valence-electron chi connectivity index (χ1n) is 4.23. The van der Waals surface area contributed by atoms with Crippen LogP contribution in [0.3, 0.4) is 0 Å². The van der Waals surface area contributed by atoms with Gasteiger partial charge < -0.3 is 9.84 Å². The van der Waals surface area contributed by atoms with E-state index in [0.29, 0.717) is 24.3 Å². The van der Waals surface area contributed by atoms with Crippen molar-refractivity contribution in [3.8, 4) is 5.75 Å². The normalized spacial score (nSPS) is 21.6. The Balaban J connectivity index is 2.46. The van der Waals surface area contributed by atoms with Gasteiger partial charge in [-0.2, -0.15) is 0 Å². The van der Waals surface area contributed by atoms with Gasteiger partial charge in [0.05, 0.1) is 12.2 Å². The quantitative estimate of drug-likeness (QED) is 0.645. The summed E-state index contributed by atoms with van der Waals surface area (Å²) in [5.74, 6) is 0.331. The summed E-state index contributed by atoms with van der Waals surface area (Å²) >= 11 is 0. The Labute approximate surface area is 76.0 Å². The summed E-state index contributed by atoms with van der Waals surface area (Å²) in [6.45, 7) is 0.393. The molecule has 1 aromatic carbocycles. The summed E-state index contributed by atoms with van der Waals surface area (Å²) < 4.78 is 5.31. The predicted molar refractivity (Wildman–Crippen MR) is 46.9 cm³/mol. The van der Waals surface area contributed by atoms with E-state index in [1.807, 2.05) is 6.07 Å². The molecule has 1 aliphatic rings. The second kappa shape index (κ2) is 3.18. The molecular formula is C10H10O3. The van der Waals surface area contributed by atoms with Crippen LogP contribution in [0.25, 0.3) is 0 Å². The van der Waals surface area contributed by atoms with Crippen LogP contribution in [0.5, 0.6) is 5.75 Å². The van der Waals surface area contributed by atoms with Crippen molar-refractivity contribution in [3.63, 3.8) is 0 Å². The van der Waals surface area contributed by atoms with E-state index < -0.39 is 6.10 Å². The number of hydrogen-bond acceptors (Lipinski definition) is 3. The Kier molecular flexibility index (Phi) is 2.02. The van der Waals surface area contributed by atoms with Gasteiger partial charge in [-0.1, -0.05) is 12.1 Å². The van der Waals surface area contributed by atoms with Gasteiger partial charge in [0.25, 0.3) is 0 Å². The third-order valence-electron chi connectivity index (χ3n) is 2.10. The van der Waals surface area contributed by atoms with Gasteiger partial charge >= 0.3 is 0 Å². The minimum absolute atomic E-state index is 0.242. The first-order valence-corrected chi connectivity index (χ1v) is 4.23. The number of carbonyl (C=O) groups excluding carboxylic acids is 1. The molecule has 0 bridgehead atoms. The molecule has 0 saturated heterocycles. The first kappa shape index (κ1) is 8.26. The van der Waals surface area contributed by atoms with Crippen molar-refractivity contribution in [2.45, 2.75) is 12.5 Å². The summed E-state index contributed by atoms with van der Waals surface area (Å²) in [7, 11) is 0. The number of aliphatic hydroxyl groups excluding tert-OH is 1. The van der Waals surface area contributed by atoms with Crippen LogP contribution in [0.2, 0.25) is 0 Å². The number of ketones is 1. The molecule has 1 aliphatic heterocycles. The Morgan fingerprint density at radius 3 is 3.00 bits per heavy atom.